The maximum atomic E-state index is 14.4. The molecule has 0 N–H and O–H groups in total. The van der Waals surface area contributed by atoms with Crippen molar-refractivity contribution in [2.24, 2.45) is 0 Å². The SMILES string of the molecule is COc1ccc(C=C[N+](=O)[O-])c(F)c1OCc1ccccc1. The number of hydrogen-bond acceptors (Lipinski definition) is 4. The topological polar surface area (TPSA) is 61.6 Å². The van der Waals surface area contributed by atoms with Gasteiger partial charge in [0.25, 0.3) is 0 Å². The molecule has 22 heavy (non-hydrogen) atoms. The molecule has 0 amide bonds. The van der Waals surface area contributed by atoms with Crippen molar-refractivity contribution in [2.75, 3.05) is 7.11 Å². The van der Waals surface area contributed by atoms with E-state index in [2.05, 4.69) is 0 Å². The second-order valence-electron chi connectivity index (χ2n) is 4.38. The maximum absolute atomic E-state index is 14.4. The largest absolute Gasteiger partial charge is 0.493 e. The Labute approximate surface area is 126 Å². The predicted molar refractivity (Wildman–Crippen MR) is 79.8 cm³/mol. The van der Waals surface area contributed by atoms with Crippen LogP contribution in [0.1, 0.15) is 11.1 Å². The monoisotopic (exact) mass is 303 g/mol. The third-order valence-electron chi connectivity index (χ3n) is 2.91. The van der Waals surface area contributed by atoms with Crippen molar-refractivity contribution in [3.8, 4) is 11.5 Å². The number of ether oxygens (including phenoxy) is 2. The van der Waals surface area contributed by atoms with Crippen molar-refractivity contribution in [2.45, 2.75) is 6.61 Å². The van der Waals surface area contributed by atoms with E-state index in [-0.39, 0.29) is 23.7 Å². The van der Waals surface area contributed by atoms with Gasteiger partial charge in [-0.15, -0.1) is 0 Å². The van der Waals surface area contributed by atoms with Crippen LogP contribution in [0.5, 0.6) is 11.5 Å². The fourth-order valence-corrected chi connectivity index (χ4v) is 1.85. The fraction of sp³-hybridized carbons (Fsp3) is 0.125. The van der Waals surface area contributed by atoms with E-state index in [4.69, 9.17) is 9.47 Å². The van der Waals surface area contributed by atoms with Crippen LogP contribution >= 0.6 is 0 Å². The van der Waals surface area contributed by atoms with Gasteiger partial charge in [0.1, 0.15) is 6.61 Å². The summed E-state index contributed by atoms with van der Waals surface area (Å²) in [5, 5.41) is 10.3. The lowest BCUT2D eigenvalue weighted by Crippen LogP contribution is -2.01. The highest BCUT2D eigenvalue weighted by Gasteiger charge is 2.15. The molecule has 0 aromatic heterocycles. The van der Waals surface area contributed by atoms with E-state index in [9.17, 15) is 14.5 Å². The Bertz CT molecular complexity index is 686. The summed E-state index contributed by atoms with van der Waals surface area (Å²) in [5.74, 6) is -0.545. The lowest BCUT2D eigenvalue weighted by Gasteiger charge is -2.12. The van der Waals surface area contributed by atoms with E-state index < -0.39 is 10.7 Å². The normalized spacial score (nSPS) is 10.6. The van der Waals surface area contributed by atoms with Gasteiger partial charge < -0.3 is 9.47 Å². The van der Waals surface area contributed by atoms with Gasteiger partial charge in [0, 0.05) is 11.6 Å². The fourth-order valence-electron chi connectivity index (χ4n) is 1.85. The Morgan fingerprint density at radius 3 is 2.59 bits per heavy atom. The molecule has 2 aromatic carbocycles. The Balaban J connectivity index is 2.27. The Kier molecular flexibility index (Phi) is 5.08. The van der Waals surface area contributed by atoms with E-state index in [1.807, 2.05) is 30.3 Å². The first-order chi connectivity index (χ1) is 10.6. The average Bonchev–Trinajstić information content (AvgIpc) is 2.53. The standard InChI is InChI=1S/C16H14FNO4/c1-21-14-8-7-13(9-10-18(19)20)15(17)16(14)22-11-12-5-3-2-4-6-12/h2-10H,11H2,1H3. The van der Waals surface area contributed by atoms with Gasteiger partial charge in [-0.3, -0.25) is 10.1 Å². The van der Waals surface area contributed by atoms with Gasteiger partial charge in [-0.2, -0.15) is 0 Å². The molecule has 5 nitrogen and oxygen atoms in total. The summed E-state index contributed by atoms with van der Waals surface area (Å²) in [6.07, 6.45) is 1.75. The highest BCUT2D eigenvalue weighted by Crippen LogP contribution is 2.33. The van der Waals surface area contributed by atoms with Crippen LogP contribution in [0.3, 0.4) is 0 Å². The third kappa shape index (κ3) is 3.82. The molecule has 114 valence electrons. The lowest BCUT2D eigenvalue weighted by molar-refractivity contribution is -0.400. The quantitative estimate of drug-likeness (QED) is 0.603. The number of methoxy groups -OCH3 is 1. The van der Waals surface area contributed by atoms with Crippen molar-refractivity contribution in [1.82, 2.24) is 0 Å². The summed E-state index contributed by atoms with van der Waals surface area (Å²) in [4.78, 5) is 9.68. The molecule has 0 aliphatic heterocycles. The smallest absolute Gasteiger partial charge is 0.235 e. The molecule has 0 fully saturated rings. The number of nitrogens with zero attached hydrogens (tertiary/aromatic N) is 1. The van der Waals surface area contributed by atoms with Crippen molar-refractivity contribution in [3.05, 3.63) is 75.7 Å². The number of rotatable bonds is 6. The first-order valence-electron chi connectivity index (χ1n) is 6.46. The molecular weight excluding hydrogens is 289 g/mol. The van der Waals surface area contributed by atoms with Gasteiger partial charge in [0.15, 0.2) is 17.3 Å². The van der Waals surface area contributed by atoms with E-state index in [1.54, 1.807) is 0 Å². The zero-order valence-electron chi connectivity index (χ0n) is 11.9. The summed E-state index contributed by atoms with van der Waals surface area (Å²) in [5.41, 5.74) is 0.927. The summed E-state index contributed by atoms with van der Waals surface area (Å²) in [7, 11) is 1.40. The first-order valence-corrected chi connectivity index (χ1v) is 6.46. The average molecular weight is 303 g/mol. The molecule has 6 heteroatoms. The van der Waals surface area contributed by atoms with Gasteiger partial charge in [0.05, 0.1) is 12.0 Å². The molecule has 0 aliphatic carbocycles. The molecule has 0 unspecified atom stereocenters. The Morgan fingerprint density at radius 2 is 1.95 bits per heavy atom. The van der Waals surface area contributed by atoms with E-state index in [0.29, 0.717) is 6.20 Å². The number of hydrogen-bond donors (Lipinski definition) is 0. The number of nitro groups is 1. The molecular formula is C16H14FNO4. The van der Waals surface area contributed by atoms with Gasteiger partial charge in [-0.05, 0) is 17.7 Å². The molecule has 0 heterocycles. The van der Waals surface area contributed by atoms with Crippen LogP contribution in [0.4, 0.5) is 4.39 Å². The minimum Gasteiger partial charge on any atom is -0.493 e. The molecule has 0 atom stereocenters. The summed E-state index contributed by atoms with van der Waals surface area (Å²) in [6.45, 7) is 0.163. The van der Waals surface area contributed by atoms with Crippen molar-refractivity contribution in [1.29, 1.82) is 0 Å². The van der Waals surface area contributed by atoms with Crippen LogP contribution in [-0.2, 0) is 6.61 Å². The molecule has 0 bridgehead atoms. The van der Waals surface area contributed by atoms with Crippen molar-refractivity contribution in [3.63, 3.8) is 0 Å². The van der Waals surface area contributed by atoms with Crippen molar-refractivity contribution < 1.29 is 18.8 Å². The highest BCUT2D eigenvalue weighted by molar-refractivity contribution is 5.56. The molecule has 0 spiro atoms. The van der Waals surface area contributed by atoms with Crippen LogP contribution in [0, 0.1) is 15.9 Å². The second-order valence-corrected chi connectivity index (χ2v) is 4.38. The van der Waals surface area contributed by atoms with Crippen LogP contribution in [0.25, 0.3) is 6.08 Å². The minimum atomic E-state index is -0.701. The molecule has 0 saturated carbocycles. The molecule has 0 aliphatic rings. The van der Waals surface area contributed by atoms with Gasteiger partial charge in [0.2, 0.25) is 6.20 Å². The van der Waals surface area contributed by atoms with Crippen LogP contribution in [-0.4, -0.2) is 12.0 Å². The third-order valence-corrected chi connectivity index (χ3v) is 2.91. The predicted octanol–water partition coefficient (Wildman–Crippen LogP) is 3.66. The van der Waals surface area contributed by atoms with E-state index in [1.165, 1.54) is 19.2 Å². The Hall–Kier alpha value is -2.89. The van der Waals surface area contributed by atoms with Gasteiger partial charge in [-0.25, -0.2) is 4.39 Å². The maximum Gasteiger partial charge on any atom is 0.235 e. The summed E-state index contributed by atoms with van der Waals surface area (Å²) in [6, 6.07) is 12.2. The van der Waals surface area contributed by atoms with Gasteiger partial charge >= 0.3 is 0 Å². The van der Waals surface area contributed by atoms with Crippen molar-refractivity contribution >= 4 is 6.08 Å². The minimum absolute atomic E-state index is 0.0561. The van der Waals surface area contributed by atoms with Crippen LogP contribution in [0.2, 0.25) is 0 Å². The van der Waals surface area contributed by atoms with Crippen LogP contribution in [0.15, 0.2) is 48.7 Å². The summed E-state index contributed by atoms with van der Waals surface area (Å²) < 4.78 is 25.0. The van der Waals surface area contributed by atoms with E-state index in [0.717, 1.165) is 11.6 Å². The molecule has 2 rings (SSSR count). The first kappa shape index (κ1) is 15.5. The molecule has 2 aromatic rings. The molecule has 0 saturated heterocycles. The van der Waals surface area contributed by atoms with E-state index >= 15 is 0 Å². The second kappa shape index (κ2) is 7.21. The Morgan fingerprint density at radius 1 is 1.23 bits per heavy atom. The zero-order valence-corrected chi connectivity index (χ0v) is 11.9. The number of benzene rings is 2. The highest BCUT2D eigenvalue weighted by atomic mass is 19.1. The van der Waals surface area contributed by atoms with Crippen LogP contribution < -0.4 is 9.47 Å². The molecule has 0 radical (unpaired) electrons. The van der Waals surface area contributed by atoms with Gasteiger partial charge in [-0.1, -0.05) is 30.3 Å². The summed E-state index contributed by atoms with van der Waals surface area (Å²) >= 11 is 0. The lowest BCUT2D eigenvalue weighted by atomic mass is 10.1. The number of halogens is 1. The zero-order chi connectivity index (χ0) is 15.9.